The van der Waals surface area contributed by atoms with Crippen LogP contribution in [0.1, 0.15) is 32.3 Å². The van der Waals surface area contributed by atoms with Crippen molar-refractivity contribution in [2.45, 2.75) is 51.2 Å². The normalized spacial score (nSPS) is 22.1. The van der Waals surface area contributed by atoms with Gasteiger partial charge in [0.2, 0.25) is 0 Å². The summed E-state index contributed by atoms with van der Waals surface area (Å²) in [5.41, 5.74) is 2.64. The summed E-state index contributed by atoms with van der Waals surface area (Å²) in [6.07, 6.45) is 2.67. The smallest absolute Gasteiger partial charge is 0.317 e. The number of carbonyl (C=O) groups excluding carboxylic acids is 1. The molecule has 1 atom stereocenters. The number of fused-ring (bicyclic) bond motifs is 1. The van der Waals surface area contributed by atoms with Crippen LogP contribution in [0.25, 0.3) is 0 Å². The van der Waals surface area contributed by atoms with E-state index in [2.05, 4.69) is 46.7 Å². The molecule has 0 saturated heterocycles. The highest BCUT2D eigenvalue weighted by Gasteiger charge is 2.34. The molecule has 1 aromatic carbocycles. The highest BCUT2D eigenvalue weighted by Crippen LogP contribution is 2.29. The maximum atomic E-state index is 12.2. The Morgan fingerprint density at radius 3 is 2.78 bits per heavy atom. The summed E-state index contributed by atoms with van der Waals surface area (Å²) in [6, 6.07) is 8.90. The monoisotopic (exact) mass is 374 g/mol. The number of hydrogen-bond acceptors (Lipinski definition) is 4. The maximum Gasteiger partial charge on any atom is 0.317 e. The molecule has 0 bridgehead atoms. The first-order valence-corrected chi connectivity index (χ1v) is 9.82. The Bertz CT molecular complexity index is 675. The average molecular weight is 374 g/mol. The molecule has 0 spiro atoms. The van der Waals surface area contributed by atoms with Gasteiger partial charge in [0.1, 0.15) is 0 Å². The van der Waals surface area contributed by atoms with Crippen molar-refractivity contribution in [1.82, 2.24) is 15.5 Å². The Morgan fingerprint density at radius 1 is 1.33 bits per heavy atom. The van der Waals surface area contributed by atoms with E-state index in [9.17, 15) is 9.59 Å². The second-order valence-corrected chi connectivity index (χ2v) is 7.55. The van der Waals surface area contributed by atoms with Crippen LogP contribution >= 0.6 is 0 Å². The lowest BCUT2D eigenvalue weighted by Crippen LogP contribution is -2.57. The van der Waals surface area contributed by atoms with Crippen molar-refractivity contribution in [2.24, 2.45) is 0 Å². The van der Waals surface area contributed by atoms with Crippen molar-refractivity contribution < 1.29 is 14.7 Å². The molecular formula is C20H30N4O3. The van der Waals surface area contributed by atoms with E-state index in [0.717, 1.165) is 25.8 Å². The van der Waals surface area contributed by atoms with Crippen LogP contribution in [0.4, 0.5) is 10.5 Å². The molecule has 1 aromatic rings. The minimum atomic E-state index is -0.802. The summed E-state index contributed by atoms with van der Waals surface area (Å²) in [6.45, 7) is 6.46. The number of nitrogens with zero attached hydrogens (tertiary/aromatic N) is 2. The van der Waals surface area contributed by atoms with Crippen LogP contribution in [-0.2, 0) is 11.2 Å². The molecule has 0 aromatic heterocycles. The van der Waals surface area contributed by atoms with E-state index < -0.39 is 5.97 Å². The summed E-state index contributed by atoms with van der Waals surface area (Å²) >= 11 is 0. The summed E-state index contributed by atoms with van der Waals surface area (Å²) in [5.74, 6) is -0.802. The van der Waals surface area contributed by atoms with Gasteiger partial charge < -0.3 is 20.6 Å². The highest BCUT2D eigenvalue weighted by molar-refractivity contribution is 5.74. The largest absolute Gasteiger partial charge is 0.480 e. The molecule has 1 saturated carbocycles. The number of nitrogens with one attached hydrogen (secondary N) is 2. The fourth-order valence-electron chi connectivity index (χ4n) is 4.09. The van der Waals surface area contributed by atoms with Gasteiger partial charge in [-0.25, -0.2) is 4.79 Å². The number of carbonyl (C=O) groups is 2. The molecule has 148 valence electrons. The van der Waals surface area contributed by atoms with Crippen LogP contribution in [0.15, 0.2) is 24.3 Å². The Hall–Kier alpha value is -2.28. The van der Waals surface area contributed by atoms with Crippen molar-refractivity contribution in [2.75, 3.05) is 31.1 Å². The summed E-state index contributed by atoms with van der Waals surface area (Å²) in [4.78, 5) is 27.4. The predicted molar refractivity (Wildman–Crippen MR) is 105 cm³/mol. The SMILES string of the molecule is CCN(CC(=O)O)C1CC(NC(=O)NCC(C)N2CCc3ccccc32)C1. The van der Waals surface area contributed by atoms with Crippen molar-refractivity contribution >= 4 is 17.7 Å². The van der Waals surface area contributed by atoms with E-state index in [4.69, 9.17) is 5.11 Å². The average Bonchev–Trinajstić information content (AvgIpc) is 3.04. The number of urea groups is 1. The van der Waals surface area contributed by atoms with Crippen LogP contribution in [0.5, 0.6) is 0 Å². The minimum absolute atomic E-state index is 0.0644. The van der Waals surface area contributed by atoms with Crippen LogP contribution in [0.3, 0.4) is 0 Å². The molecule has 1 aliphatic heterocycles. The quantitative estimate of drug-likeness (QED) is 0.645. The number of amides is 2. The molecular weight excluding hydrogens is 344 g/mol. The first-order chi connectivity index (χ1) is 13.0. The lowest BCUT2D eigenvalue weighted by molar-refractivity contribution is -0.139. The Morgan fingerprint density at radius 2 is 2.07 bits per heavy atom. The third-order valence-electron chi connectivity index (χ3n) is 5.72. The fourth-order valence-corrected chi connectivity index (χ4v) is 4.09. The van der Waals surface area contributed by atoms with Gasteiger partial charge in [-0.2, -0.15) is 0 Å². The van der Waals surface area contributed by atoms with Crippen molar-refractivity contribution in [3.63, 3.8) is 0 Å². The molecule has 1 aliphatic carbocycles. The Kier molecular flexibility index (Phi) is 6.21. The minimum Gasteiger partial charge on any atom is -0.480 e. The number of rotatable bonds is 8. The van der Waals surface area contributed by atoms with E-state index in [1.807, 2.05) is 11.8 Å². The summed E-state index contributed by atoms with van der Waals surface area (Å²) in [5, 5.41) is 14.9. The molecule has 0 radical (unpaired) electrons. The lowest BCUT2D eigenvalue weighted by atomic mass is 9.85. The summed E-state index contributed by atoms with van der Waals surface area (Å²) in [7, 11) is 0. The van der Waals surface area contributed by atoms with E-state index in [1.165, 1.54) is 11.3 Å². The zero-order valence-corrected chi connectivity index (χ0v) is 16.1. The molecule has 2 amide bonds. The van der Waals surface area contributed by atoms with E-state index in [-0.39, 0.29) is 30.7 Å². The molecule has 2 aliphatic rings. The van der Waals surface area contributed by atoms with Gasteiger partial charge in [-0.05, 0) is 44.4 Å². The van der Waals surface area contributed by atoms with Gasteiger partial charge in [-0.1, -0.05) is 25.1 Å². The number of carboxylic acid groups (broad SMARTS) is 1. The van der Waals surface area contributed by atoms with E-state index in [0.29, 0.717) is 13.1 Å². The first-order valence-electron chi connectivity index (χ1n) is 9.82. The van der Waals surface area contributed by atoms with Gasteiger partial charge in [0.15, 0.2) is 0 Å². The topological polar surface area (TPSA) is 84.9 Å². The first kappa shape index (κ1) is 19.5. The molecule has 3 N–H and O–H groups in total. The standard InChI is InChI=1S/C20H30N4O3/c1-3-23(13-19(25)26)17-10-16(11-17)22-20(27)21-12-14(2)24-9-8-15-6-4-5-7-18(15)24/h4-7,14,16-17H,3,8-13H2,1-2H3,(H,25,26)(H2,21,22,27). The zero-order valence-electron chi connectivity index (χ0n) is 16.1. The van der Waals surface area contributed by atoms with Gasteiger partial charge in [0, 0.05) is 36.9 Å². The zero-order chi connectivity index (χ0) is 19.4. The fraction of sp³-hybridized carbons (Fsp3) is 0.600. The van der Waals surface area contributed by atoms with Crippen LogP contribution in [0, 0.1) is 0 Å². The van der Waals surface area contributed by atoms with E-state index in [1.54, 1.807) is 0 Å². The van der Waals surface area contributed by atoms with Gasteiger partial charge in [0.25, 0.3) is 0 Å². The number of hydrogen-bond donors (Lipinski definition) is 3. The number of likely N-dealkylation sites (N-methyl/N-ethyl adjacent to an activating group) is 1. The predicted octanol–water partition coefficient (Wildman–Crippen LogP) is 1.67. The number of benzene rings is 1. The maximum absolute atomic E-state index is 12.2. The van der Waals surface area contributed by atoms with Crippen LogP contribution in [-0.4, -0.2) is 66.3 Å². The number of para-hydroxylation sites is 1. The van der Waals surface area contributed by atoms with Crippen molar-refractivity contribution in [3.8, 4) is 0 Å². The molecule has 7 heteroatoms. The molecule has 1 unspecified atom stereocenters. The van der Waals surface area contributed by atoms with Gasteiger partial charge in [-0.3, -0.25) is 9.69 Å². The Labute approximate surface area is 160 Å². The lowest BCUT2D eigenvalue weighted by Gasteiger charge is -2.42. The van der Waals surface area contributed by atoms with Crippen molar-refractivity contribution in [3.05, 3.63) is 29.8 Å². The molecule has 7 nitrogen and oxygen atoms in total. The third kappa shape index (κ3) is 4.71. The number of aliphatic carboxylic acids is 1. The molecule has 1 heterocycles. The highest BCUT2D eigenvalue weighted by atomic mass is 16.4. The van der Waals surface area contributed by atoms with Gasteiger partial charge >= 0.3 is 12.0 Å². The van der Waals surface area contributed by atoms with Gasteiger partial charge in [-0.15, -0.1) is 0 Å². The van der Waals surface area contributed by atoms with Crippen LogP contribution < -0.4 is 15.5 Å². The summed E-state index contributed by atoms with van der Waals surface area (Å²) < 4.78 is 0. The Balaban J connectivity index is 1.38. The van der Waals surface area contributed by atoms with Gasteiger partial charge in [0.05, 0.1) is 6.54 Å². The number of anilines is 1. The second kappa shape index (κ2) is 8.61. The molecule has 1 fully saturated rings. The van der Waals surface area contributed by atoms with E-state index >= 15 is 0 Å². The third-order valence-corrected chi connectivity index (χ3v) is 5.72. The molecule has 3 rings (SSSR count). The molecule has 27 heavy (non-hydrogen) atoms. The van der Waals surface area contributed by atoms with Crippen molar-refractivity contribution in [1.29, 1.82) is 0 Å². The van der Waals surface area contributed by atoms with Crippen LogP contribution in [0.2, 0.25) is 0 Å². The second-order valence-electron chi connectivity index (χ2n) is 7.55. The number of carboxylic acids is 1.